The molecule has 25 heavy (non-hydrogen) atoms. The number of aliphatic hydroxyl groups is 1. The molecule has 0 saturated carbocycles. The van der Waals surface area contributed by atoms with Crippen molar-refractivity contribution in [3.05, 3.63) is 64.7 Å². The van der Waals surface area contributed by atoms with E-state index in [1.807, 2.05) is 24.3 Å². The Kier molecular flexibility index (Phi) is 7.44. The number of carbonyl (C=O) groups excluding carboxylic acids is 1. The first-order chi connectivity index (χ1) is 12.0. The van der Waals surface area contributed by atoms with Crippen LogP contribution in [0, 0.1) is 5.92 Å². The fraction of sp³-hybridized carbons (Fsp3) is 0.350. The molecule has 0 aromatic heterocycles. The van der Waals surface area contributed by atoms with Gasteiger partial charge in [0.1, 0.15) is 0 Å². The molecule has 2 aromatic rings. The van der Waals surface area contributed by atoms with E-state index in [4.69, 9.17) is 11.6 Å². The van der Waals surface area contributed by atoms with Gasteiger partial charge in [0.2, 0.25) is 0 Å². The molecule has 0 saturated heterocycles. The summed E-state index contributed by atoms with van der Waals surface area (Å²) < 4.78 is 0. The van der Waals surface area contributed by atoms with Gasteiger partial charge in [-0.1, -0.05) is 49.7 Å². The standard InChI is InChI=1S/C20H25ClN2O2/c1-14(2)10-17(13-24)22-12-15-6-5-7-16(11-15)23-20(25)18-8-3-4-9-19(18)21/h3-9,11,14,17,22,24H,10,12-13H2,1-2H3,(H,23,25). The highest BCUT2D eigenvalue weighted by atomic mass is 35.5. The number of aliphatic hydroxyl groups excluding tert-OH is 1. The number of carbonyl (C=O) groups is 1. The van der Waals surface area contributed by atoms with E-state index in [1.54, 1.807) is 24.3 Å². The number of anilines is 1. The smallest absolute Gasteiger partial charge is 0.257 e. The Labute approximate surface area is 154 Å². The summed E-state index contributed by atoms with van der Waals surface area (Å²) in [6, 6.07) is 14.7. The van der Waals surface area contributed by atoms with Crippen LogP contribution in [0.3, 0.4) is 0 Å². The van der Waals surface area contributed by atoms with Gasteiger partial charge in [-0.15, -0.1) is 0 Å². The normalized spacial score (nSPS) is 12.2. The van der Waals surface area contributed by atoms with Gasteiger partial charge in [0, 0.05) is 18.3 Å². The first kappa shape index (κ1) is 19.4. The predicted octanol–water partition coefficient (Wildman–Crippen LogP) is 4.09. The zero-order valence-electron chi connectivity index (χ0n) is 14.6. The van der Waals surface area contributed by atoms with Crippen LogP contribution in [0.15, 0.2) is 48.5 Å². The van der Waals surface area contributed by atoms with Crippen LogP contribution in [0.1, 0.15) is 36.2 Å². The molecular weight excluding hydrogens is 336 g/mol. The third kappa shape index (κ3) is 6.16. The molecule has 0 aliphatic rings. The molecule has 0 heterocycles. The Balaban J connectivity index is 1.99. The maximum atomic E-state index is 12.3. The van der Waals surface area contributed by atoms with Crippen LogP contribution in [0.25, 0.3) is 0 Å². The summed E-state index contributed by atoms with van der Waals surface area (Å²) in [4.78, 5) is 12.3. The second kappa shape index (κ2) is 9.56. The molecule has 134 valence electrons. The lowest BCUT2D eigenvalue weighted by Gasteiger charge is -2.18. The van der Waals surface area contributed by atoms with Gasteiger partial charge in [-0.3, -0.25) is 4.79 Å². The van der Waals surface area contributed by atoms with Crippen LogP contribution in [0.2, 0.25) is 5.02 Å². The first-order valence-electron chi connectivity index (χ1n) is 8.48. The van der Waals surface area contributed by atoms with Gasteiger partial charge in [-0.05, 0) is 42.2 Å². The van der Waals surface area contributed by atoms with Gasteiger partial charge in [-0.25, -0.2) is 0 Å². The van der Waals surface area contributed by atoms with Crippen LogP contribution in [-0.4, -0.2) is 23.7 Å². The van der Waals surface area contributed by atoms with Gasteiger partial charge in [0.05, 0.1) is 17.2 Å². The first-order valence-corrected chi connectivity index (χ1v) is 8.86. The molecule has 1 amide bonds. The highest BCUT2D eigenvalue weighted by Crippen LogP contribution is 2.18. The van der Waals surface area contributed by atoms with E-state index < -0.39 is 0 Å². The van der Waals surface area contributed by atoms with Crippen LogP contribution in [0.5, 0.6) is 0 Å². The van der Waals surface area contributed by atoms with E-state index >= 15 is 0 Å². The second-order valence-electron chi connectivity index (χ2n) is 6.52. The van der Waals surface area contributed by atoms with Crippen LogP contribution >= 0.6 is 11.6 Å². The third-order valence-corrected chi connectivity index (χ3v) is 4.20. The molecule has 4 nitrogen and oxygen atoms in total. The van der Waals surface area contributed by atoms with Crippen LogP contribution in [0.4, 0.5) is 5.69 Å². The zero-order chi connectivity index (χ0) is 18.2. The maximum Gasteiger partial charge on any atom is 0.257 e. The fourth-order valence-corrected chi connectivity index (χ4v) is 2.88. The molecule has 2 rings (SSSR count). The quantitative estimate of drug-likeness (QED) is 0.664. The number of nitrogens with one attached hydrogen (secondary N) is 2. The third-order valence-electron chi connectivity index (χ3n) is 3.87. The predicted molar refractivity (Wildman–Crippen MR) is 103 cm³/mol. The average molecular weight is 361 g/mol. The fourth-order valence-electron chi connectivity index (χ4n) is 2.66. The van der Waals surface area contributed by atoms with E-state index in [9.17, 15) is 9.90 Å². The average Bonchev–Trinajstić information content (AvgIpc) is 2.59. The molecule has 0 aliphatic heterocycles. The minimum absolute atomic E-state index is 0.0707. The van der Waals surface area contributed by atoms with Crippen LogP contribution in [-0.2, 0) is 6.54 Å². The summed E-state index contributed by atoms with van der Waals surface area (Å²) in [6.07, 6.45) is 0.916. The lowest BCUT2D eigenvalue weighted by Crippen LogP contribution is -2.33. The molecule has 1 atom stereocenters. The van der Waals surface area contributed by atoms with Crippen molar-refractivity contribution in [3.8, 4) is 0 Å². The van der Waals surface area contributed by atoms with Crippen LogP contribution < -0.4 is 10.6 Å². The van der Waals surface area contributed by atoms with Gasteiger partial charge in [0.15, 0.2) is 0 Å². The van der Waals surface area contributed by atoms with Gasteiger partial charge >= 0.3 is 0 Å². The molecule has 0 fully saturated rings. The summed E-state index contributed by atoms with van der Waals surface area (Å²) >= 11 is 6.06. The SMILES string of the molecule is CC(C)CC(CO)NCc1cccc(NC(=O)c2ccccc2Cl)c1. The molecule has 2 aromatic carbocycles. The van der Waals surface area contributed by atoms with E-state index in [1.165, 1.54) is 0 Å². The summed E-state index contributed by atoms with van der Waals surface area (Å²) in [5.74, 6) is 0.287. The summed E-state index contributed by atoms with van der Waals surface area (Å²) in [6.45, 7) is 5.01. The van der Waals surface area contributed by atoms with Gasteiger partial charge in [0.25, 0.3) is 5.91 Å². The van der Waals surface area contributed by atoms with E-state index in [2.05, 4.69) is 24.5 Å². The van der Waals surface area contributed by atoms with Crippen molar-refractivity contribution in [1.82, 2.24) is 5.32 Å². The number of hydrogen-bond donors (Lipinski definition) is 3. The largest absolute Gasteiger partial charge is 0.395 e. The highest BCUT2D eigenvalue weighted by Gasteiger charge is 2.11. The Morgan fingerprint density at radius 3 is 2.60 bits per heavy atom. The lowest BCUT2D eigenvalue weighted by molar-refractivity contribution is 0.102. The van der Waals surface area contributed by atoms with E-state index in [-0.39, 0.29) is 18.6 Å². The molecule has 0 radical (unpaired) electrons. The zero-order valence-corrected chi connectivity index (χ0v) is 15.4. The van der Waals surface area contributed by atoms with Crippen molar-refractivity contribution in [1.29, 1.82) is 0 Å². The van der Waals surface area contributed by atoms with Crippen molar-refractivity contribution < 1.29 is 9.90 Å². The monoisotopic (exact) mass is 360 g/mol. The topological polar surface area (TPSA) is 61.4 Å². The van der Waals surface area contributed by atoms with Crippen molar-refractivity contribution in [2.24, 2.45) is 5.92 Å². The Hall–Kier alpha value is -1.88. The number of rotatable bonds is 8. The molecule has 1 unspecified atom stereocenters. The van der Waals surface area contributed by atoms with E-state index in [0.29, 0.717) is 28.7 Å². The number of halogens is 1. The van der Waals surface area contributed by atoms with Gasteiger partial charge < -0.3 is 15.7 Å². The van der Waals surface area contributed by atoms with Crippen molar-refractivity contribution in [2.45, 2.75) is 32.9 Å². The Morgan fingerprint density at radius 1 is 1.16 bits per heavy atom. The maximum absolute atomic E-state index is 12.3. The summed E-state index contributed by atoms with van der Waals surface area (Å²) in [7, 11) is 0. The number of hydrogen-bond acceptors (Lipinski definition) is 3. The molecule has 0 bridgehead atoms. The summed E-state index contributed by atoms with van der Waals surface area (Å²) in [5, 5.41) is 16.1. The minimum Gasteiger partial charge on any atom is -0.395 e. The van der Waals surface area contributed by atoms with Crippen molar-refractivity contribution >= 4 is 23.2 Å². The lowest BCUT2D eigenvalue weighted by atomic mass is 10.0. The van der Waals surface area contributed by atoms with E-state index in [0.717, 1.165) is 12.0 Å². The number of amides is 1. The second-order valence-corrected chi connectivity index (χ2v) is 6.93. The highest BCUT2D eigenvalue weighted by molar-refractivity contribution is 6.34. The molecule has 3 N–H and O–H groups in total. The van der Waals surface area contributed by atoms with Crippen molar-refractivity contribution in [2.75, 3.05) is 11.9 Å². The molecule has 0 spiro atoms. The Bertz CT molecular complexity index is 704. The molecule has 5 heteroatoms. The summed E-state index contributed by atoms with van der Waals surface area (Å²) in [5.41, 5.74) is 2.21. The van der Waals surface area contributed by atoms with Crippen molar-refractivity contribution in [3.63, 3.8) is 0 Å². The molecule has 0 aliphatic carbocycles. The molecular formula is C20H25ClN2O2. The number of benzene rings is 2. The Morgan fingerprint density at radius 2 is 1.92 bits per heavy atom. The minimum atomic E-state index is -0.233. The van der Waals surface area contributed by atoms with Gasteiger partial charge in [-0.2, -0.15) is 0 Å².